The molecule has 1 N–H and O–H groups in total. The molecule has 0 aliphatic rings. The van der Waals surface area contributed by atoms with Crippen LogP contribution in [0, 0.1) is 11.6 Å². The molecule has 36 heavy (non-hydrogen) atoms. The number of thiazole rings is 1. The Morgan fingerprint density at radius 3 is 2.69 bits per heavy atom. The average Bonchev–Trinajstić information content (AvgIpc) is 3.50. The van der Waals surface area contributed by atoms with E-state index in [-0.39, 0.29) is 30.1 Å². The van der Waals surface area contributed by atoms with Gasteiger partial charge in [0, 0.05) is 24.2 Å². The van der Waals surface area contributed by atoms with Crippen LogP contribution < -0.4 is 16.6 Å². The highest BCUT2D eigenvalue weighted by Gasteiger charge is 2.19. The normalized spacial score (nSPS) is 11.2. The van der Waals surface area contributed by atoms with Crippen LogP contribution >= 0.6 is 11.3 Å². The summed E-state index contributed by atoms with van der Waals surface area (Å²) in [7, 11) is 1.49. The third-order valence-electron chi connectivity index (χ3n) is 5.40. The molecule has 5 rings (SSSR count). The zero-order chi connectivity index (χ0) is 25.4. The van der Waals surface area contributed by atoms with Gasteiger partial charge < -0.3 is 9.88 Å². The van der Waals surface area contributed by atoms with Crippen molar-refractivity contribution in [2.75, 3.05) is 5.32 Å². The summed E-state index contributed by atoms with van der Waals surface area (Å²) in [5.74, 6) is -2.24. The maximum absolute atomic E-state index is 13.5. The highest BCUT2D eigenvalue weighted by molar-refractivity contribution is 7.13. The van der Waals surface area contributed by atoms with Gasteiger partial charge in [0.15, 0.2) is 22.8 Å². The molecule has 0 aliphatic carbocycles. The number of nitrogens with one attached hydrogen (secondary N) is 1. The molecule has 4 aromatic heterocycles. The van der Waals surface area contributed by atoms with Crippen molar-refractivity contribution in [1.29, 1.82) is 0 Å². The first kappa shape index (κ1) is 23.2. The first-order valence-electron chi connectivity index (χ1n) is 10.6. The van der Waals surface area contributed by atoms with Crippen molar-refractivity contribution < 1.29 is 13.6 Å². The largest absolute Gasteiger partial charge is 0.332 e. The number of fused-ring (bicyclic) bond motifs is 1. The Balaban J connectivity index is 1.40. The Morgan fingerprint density at radius 1 is 1.11 bits per heavy atom. The number of imidazole rings is 1. The fourth-order valence-corrected chi connectivity index (χ4v) is 4.41. The number of carbonyl (C=O) groups is 1. The zero-order valence-electron chi connectivity index (χ0n) is 18.7. The van der Waals surface area contributed by atoms with Gasteiger partial charge >= 0.3 is 5.69 Å². The Labute approximate surface area is 205 Å². The Morgan fingerprint density at radius 2 is 1.94 bits per heavy atom. The van der Waals surface area contributed by atoms with E-state index in [1.54, 1.807) is 29.8 Å². The molecule has 1 amide bonds. The predicted molar refractivity (Wildman–Crippen MR) is 129 cm³/mol. The topological polar surface area (TPSA) is 117 Å². The first-order chi connectivity index (χ1) is 17.3. The van der Waals surface area contributed by atoms with Crippen LogP contribution in [-0.2, 0) is 24.9 Å². The van der Waals surface area contributed by atoms with Crippen molar-refractivity contribution in [3.63, 3.8) is 0 Å². The number of pyridine rings is 1. The molecule has 0 bridgehead atoms. The number of hydrogen-bond acceptors (Lipinski definition) is 7. The molecule has 0 radical (unpaired) electrons. The summed E-state index contributed by atoms with van der Waals surface area (Å²) in [5, 5.41) is 4.57. The molecule has 0 saturated carbocycles. The number of amides is 1. The third-order valence-corrected chi connectivity index (χ3v) is 6.29. The molecule has 0 saturated heterocycles. The lowest BCUT2D eigenvalue weighted by Crippen LogP contribution is -2.40. The quantitative estimate of drug-likeness (QED) is 0.376. The number of nitrogens with zero attached hydrogens (tertiary/aromatic N) is 6. The summed E-state index contributed by atoms with van der Waals surface area (Å²) in [5.41, 5.74) is -0.0266. The predicted octanol–water partition coefficient (Wildman–Crippen LogP) is 2.38. The zero-order valence-corrected chi connectivity index (χ0v) is 19.5. The summed E-state index contributed by atoms with van der Waals surface area (Å²) in [6.45, 7) is -0.309. The van der Waals surface area contributed by atoms with E-state index >= 15 is 0 Å². The van der Waals surface area contributed by atoms with Gasteiger partial charge in [-0.25, -0.2) is 23.5 Å². The van der Waals surface area contributed by atoms with Crippen molar-refractivity contribution in [2.24, 2.45) is 7.05 Å². The van der Waals surface area contributed by atoms with Gasteiger partial charge in [0.2, 0.25) is 5.91 Å². The summed E-state index contributed by atoms with van der Waals surface area (Å²) < 4.78 is 30.3. The van der Waals surface area contributed by atoms with Gasteiger partial charge in [-0.15, -0.1) is 11.3 Å². The minimum absolute atomic E-state index is 0.0365. The molecule has 10 nitrogen and oxygen atoms in total. The van der Waals surface area contributed by atoms with Crippen molar-refractivity contribution in [2.45, 2.75) is 13.1 Å². The van der Waals surface area contributed by atoms with Gasteiger partial charge in [0.05, 0.1) is 18.6 Å². The van der Waals surface area contributed by atoms with Gasteiger partial charge in [0.1, 0.15) is 17.4 Å². The molecular weight excluding hydrogens is 492 g/mol. The van der Waals surface area contributed by atoms with Crippen LogP contribution in [0.4, 0.5) is 14.6 Å². The number of rotatable bonds is 6. The monoisotopic (exact) mass is 509 g/mol. The number of hydrogen-bond donors (Lipinski definition) is 1. The molecule has 13 heteroatoms. The molecular formula is C23H17F2N7O3S. The summed E-state index contributed by atoms with van der Waals surface area (Å²) in [6, 6.07) is 8.59. The van der Waals surface area contributed by atoms with Crippen LogP contribution in [0.25, 0.3) is 21.7 Å². The first-order valence-corrected chi connectivity index (χ1v) is 11.4. The minimum atomic E-state index is -0.997. The van der Waals surface area contributed by atoms with E-state index in [1.807, 2.05) is 0 Å². The van der Waals surface area contributed by atoms with Crippen molar-refractivity contribution in [3.8, 4) is 10.6 Å². The lowest BCUT2D eigenvalue weighted by molar-refractivity contribution is -0.116. The molecule has 182 valence electrons. The van der Waals surface area contributed by atoms with E-state index in [1.165, 1.54) is 28.6 Å². The van der Waals surface area contributed by atoms with Crippen molar-refractivity contribution in [1.82, 2.24) is 28.7 Å². The van der Waals surface area contributed by atoms with Gasteiger partial charge in [-0.05, 0) is 30.3 Å². The SMILES string of the molecule is Cn1c(=O)n(Cc2ccccn2)c(=O)c2c1ncn2CC(=O)Nc1csc(-c2ccc(F)c(F)c2)n1. The lowest BCUT2D eigenvalue weighted by Gasteiger charge is -2.09. The Kier molecular flexibility index (Phi) is 5.98. The maximum Gasteiger partial charge on any atom is 0.332 e. The number of aryl methyl sites for hydroxylation is 1. The van der Waals surface area contributed by atoms with Crippen LogP contribution in [0.2, 0.25) is 0 Å². The molecule has 0 fully saturated rings. The second kappa shape index (κ2) is 9.26. The average molecular weight is 509 g/mol. The summed E-state index contributed by atoms with van der Waals surface area (Å²) in [6.07, 6.45) is 2.87. The maximum atomic E-state index is 13.5. The molecule has 5 aromatic rings. The van der Waals surface area contributed by atoms with Gasteiger partial charge in [-0.1, -0.05) is 6.07 Å². The number of benzene rings is 1. The summed E-state index contributed by atoms with van der Waals surface area (Å²) in [4.78, 5) is 51.2. The molecule has 0 atom stereocenters. The van der Waals surface area contributed by atoms with Crippen LogP contribution in [-0.4, -0.2) is 34.6 Å². The van der Waals surface area contributed by atoms with Gasteiger partial charge in [-0.2, -0.15) is 0 Å². The fourth-order valence-electron chi connectivity index (χ4n) is 3.66. The van der Waals surface area contributed by atoms with E-state index < -0.39 is 28.8 Å². The highest BCUT2D eigenvalue weighted by Crippen LogP contribution is 2.27. The minimum Gasteiger partial charge on any atom is -0.315 e. The Bertz CT molecular complexity index is 1720. The number of carbonyl (C=O) groups excluding carboxylic acids is 1. The molecule has 4 heterocycles. The molecule has 1 aromatic carbocycles. The van der Waals surface area contributed by atoms with E-state index in [0.717, 1.165) is 28.0 Å². The van der Waals surface area contributed by atoms with Gasteiger partial charge in [0.25, 0.3) is 5.56 Å². The standard InChI is InChI=1S/C23H17F2N7O3S/c1-30-20-19(22(34)32(23(30)35)9-14-4-2-3-7-26-14)31(12-27-20)10-18(33)28-17-11-36-21(29-17)13-5-6-15(24)16(25)8-13/h2-8,11-12H,9-10H2,1H3,(H,28,33). The molecule has 0 spiro atoms. The van der Waals surface area contributed by atoms with Crippen LogP contribution in [0.3, 0.4) is 0 Å². The van der Waals surface area contributed by atoms with Crippen molar-refractivity contribution >= 4 is 34.2 Å². The number of aromatic nitrogens is 6. The second-order valence-electron chi connectivity index (χ2n) is 7.81. The van der Waals surface area contributed by atoms with Gasteiger partial charge in [-0.3, -0.25) is 23.7 Å². The second-order valence-corrected chi connectivity index (χ2v) is 8.67. The molecule has 0 unspecified atom stereocenters. The van der Waals surface area contributed by atoms with E-state index in [4.69, 9.17) is 0 Å². The van der Waals surface area contributed by atoms with E-state index in [2.05, 4.69) is 20.3 Å². The van der Waals surface area contributed by atoms with Crippen molar-refractivity contribution in [3.05, 3.63) is 92.5 Å². The fraction of sp³-hybridized carbons (Fsp3) is 0.130. The number of anilines is 1. The van der Waals surface area contributed by atoms with E-state index in [9.17, 15) is 23.2 Å². The molecule has 0 aliphatic heterocycles. The third kappa shape index (κ3) is 4.31. The van der Waals surface area contributed by atoms with Crippen LogP contribution in [0.5, 0.6) is 0 Å². The van der Waals surface area contributed by atoms with Crippen LogP contribution in [0.1, 0.15) is 5.69 Å². The van der Waals surface area contributed by atoms with Crippen LogP contribution in [0.15, 0.2) is 63.9 Å². The smallest absolute Gasteiger partial charge is 0.315 e. The number of halogens is 2. The Hall–Kier alpha value is -4.52. The van der Waals surface area contributed by atoms with E-state index in [0.29, 0.717) is 16.3 Å². The summed E-state index contributed by atoms with van der Waals surface area (Å²) >= 11 is 1.15. The highest BCUT2D eigenvalue weighted by atomic mass is 32.1. The lowest BCUT2D eigenvalue weighted by atomic mass is 10.2.